The maximum Gasteiger partial charge on any atom is 0.278 e. The summed E-state index contributed by atoms with van der Waals surface area (Å²) in [6.07, 6.45) is 0.768. The van der Waals surface area contributed by atoms with Crippen LogP contribution in [0.1, 0.15) is 23.3 Å². The predicted molar refractivity (Wildman–Crippen MR) is 108 cm³/mol. The van der Waals surface area contributed by atoms with Gasteiger partial charge in [-0.3, -0.25) is 9.93 Å². The summed E-state index contributed by atoms with van der Waals surface area (Å²) in [7, 11) is 0. The van der Waals surface area contributed by atoms with Crippen molar-refractivity contribution in [3.05, 3.63) is 48.0 Å². The summed E-state index contributed by atoms with van der Waals surface area (Å²) in [6.45, 7) is 0.0119. The molecule has 11 heteroatoms. The van der Waals surface area contributed by atoms with E-state index in [0.717, 1.165) is 11.9 Å². The van der Waals surface area contributed by atoms with E-state index >= 15 is 0 Å². The Hall–Kier alpha value is -2.92. The fourth-order valence-corrected chi connectivity index (χ4v) is 3.50. The summed E-state index contributed by atoms with van der Waals surface area (Å²) in [4.78, 5) is 27.3. The zero-order valence-electron chi connectivity index (χ0n) is 15.6. The lowest BCUT2D eigenvalue weighted by atomic mass is 10.1. The third kappa shape index (κ3) is 4.31. The molecule has 7 nitrogen and oxygen atoms in total. The van der Waals surface area contributed by atoms with E-state index < -0.39 is 17.6 Å². The number of piperidine rings is 1. The van der Waals surface area contributed by atoms with Crippen molar-refractivity contribution in [3.8, 4) is 0 Å². The highest BCUT2D eigenvalue weighted by Crippen LogP contribution is 2.32. The molecule has 30 heavy (non-hydrogen) atoms. The van der Waals surface area contributed by atoms with Crippen molar-refractivity contribution >= 4 is 40.4 Å². The summed E-state index contributed by atoms with van der Waals surface area (Å²) >= 11 is 0.930. The highest BCUT2D eigenvalue weighted by Gasteiger charge is 2.36. The molecule has 1 aromatic carbocycles. The van der Waals surface area contributed by atoms with Gasteiger partial charge in [-0.05, 0) is 36.2 Å². The van der Waals surface area contributed by atoms with Gasteiger partial charge in [-0.1, -0.05) is 0 Å². The molecule has 1 saturated heterocycles. The number of carbonyl (C=O) groups is 1. The van der Waals surface area contributed by atoms with Gasteiger partial charge in [0.25, 0.3) is 11.8 Å². The first-order chi connectivity index (χ1) is 14.3. The van der Waals surface area contributed by atoms with Crippen LogP contribution in [0.4, 0.5) is 24.7 Å². The Balaban J connectivity index is 1.72. The van der Waals surface area contributed by atoms with Gasteiger partial charge >= 0.3 is 0 Å². The number of carbonyl (C=O) groups excluding carboxylic acids is 1. The van der Waals surface area contributed by atoms with Gasteiger partial charge < -0.3 is 10.2 Å². The Morgan fingerprint density at radius 1 is 1.13 bits per heavy atom. The Bertz CT molecular complexity index is 1100. The molecule has 1 aliphatic rings. The molecular formula is C19H17F3N6OS. The maximum absolute atomic E-state index is 13.7. The molecule has 0 radical (unpaired) electrons. The number of anilines is 2. The van der Waals surface area contributed by atoms with Gasteiger partial charge in [0.15, 0.2) is 11.5 Å². The highest BCUT2D eigenvalue weighted by molar-refractivity contribution is 7.97. The van der Waals surface area contributed by atoms with Gasteiger partial charge in [-0.2, -0.15) is 0 Å². The van der Waals surface area contributed by atoms with Crippen molar-refractivity contribution in [2.45, 2.75) is 23.8 Å². The van der Waals surface area contributed by atoms with E-state index in [1.807, 2.05) is 0 Å². The summed E-state index contributed by atoms with van der Waals surface area (Å²) < 4.78 is 40.9. The first kappa shape index (κ1) is 20.4. The number of nitrogens with one attached hydrogen (secondary N) is 1. The van der Waals surface area contributed by atoms with Crippen LogP contribution in [0, 0.1) is 5.82 Å². The zero-order chi connectivity index (χ0) is 21.3. The van der Waals surface area contributed by atoms with Crippen LogP contribution in [-0.2, 0) is 0 Å². The summed E-state index contributed by atoms with van der Waals surface area (Å²) in [5.74, 6) is -3.69. The number of fused-ring (bicyclic) bond motifs is 1. The molecular weight excluding hydrogens is 417 g/mol. The third-order valence-electron chi connectivity index (χ3n) is 4.73. The number of rotatable bonds is 4. The zero-order valence-corrected chi connectivity index (χ0v) is 16.4. The van der Waals surface area contributed by atoms with Crippen molar-refractivity contribution in [3.63, 3.8) is 0 Å². The average molecular weight is 434 g/mol. The smallest absolute Gasteiger partial charge is 0.278 e. The van der Waals surface area contributed by atoms with Gasteiger partial charge in [0, 0.05) is 43.9 Å². The van der Waals surface area contributed by atoms with E-state index in [1.54, 1.807) is 17.0 Å². The van der Waals surface area contributed by atoms with Crippen LogP contribution < -0.4 is 15.4 Å². The first-order valence-electron chi connectivity index (χ1n) is 9.09. The SMILES string of the molecule is NSc1cc(NC(=O)c2nc3ccc(F)cc3nc2N2CCC(F)(F)CC2)ccn1. The molecule has 4 rings (SSSR count). The van der Waals surface area contributed by atoms with Crippen LogP contribution in [0.25, 0.3) is 11.0 Å². The average Bonchev–Trinajstić information content (AvgIpc) is 2.73. The Labute approximate surface area is 174 Å². The molecule has 1 fully saturated rings. The van der Waals surface area contributed by atoms with Crippen LogP contribution in [0.2, 0.25) is 0 Å². The lowest BCUT2D eigenvalue weighted by molar-refractivity contribution is -0.0221. The van der Waals surface area contributed by atoms with E-state index in [0.29, 0.717) is 16.2 Å². The number of hydrogen-bond acceptors (Lipinski definition) is 7. The predicted octanol–water partition coefficient (Wildman–Crippen LogP) is 3.62. The molecule has 0 spiro atoms. The molecule has 3 N–H and O–H groups in total. The number of aromatic nitrogens is 3. The van der Waals surface area contributed by atoms with Gasteiger partial charge in [0.05, 0.1) is 11.0 Å². The van der Waals surface area contributed by atoms with E-state index in [-0.39, 0.29) is 43.0 Å². The summed E-state index contributed by atoms with van der Waals surface area (Å²) in [6, 6.07) is 7.00. The minimum absolute atomic E-state index is 0.00595. The number of nitrogens with zero attached hydrogens (tertiary/aromatic N) is 4. The van der Waals surface area contributed by atoms with Gasteiger partial charge in [0.2, 0.25) is 0 Å². The van der Waals surface area contributed by atoms with E-state index in [2.05, 4.69) is 20.3 Å². The largest absolute Gasteiger partial charge is 0.354 e. The van der Waals surface area contributed by atoms with Crippen LogP contribution in [0.15, 0.2) is 41.6 Å². The monoisotopic (exact) mass is 434 g/mol. The molecule has 0 saturated carbocycles. The second-order valence-electron chi connectivity index (χ2n) is 6.83. The number of amides is 1. The molecule has 0 unspecified atom stereocenters. The number of hydrogen-bond donors (Lipinski definition) is 2. The van der Waals surface area contributed by atoms with Gasteiger partial charge in [-0.15, -0.1) is 0 Å². The Morgan fingerprint density at radius 3 is 2.63 bits per heavy atom. The maximum atomic E-state index is 13.7. The van der Waals surface area contributed by atoms with Crippen molar-refractivity contribution in [2.24, 2.45) is 5.14 Å². The highest BCUT2D eigenvalue weighted by atomic mass is 32.2. The van der Waals surface area contributed by atoms with Crippen molar-refractivity contribution in [1.29, 1.82) is 0 Å². The number of benzene rings is 1. The standard InChI is InChI=1S/C19H17F3N6OS/c20-11-1-2-13-14(9-11)27-17(28-7-4-19(21,22)5-8-28)16(26-13)18(29)25-12-3-6-24-15(10-12)30-23/h1-3,6,9-10H,4-5,7-8,23H2,(H,24,25,29). The molecule has 0 bridgehead atoms. The molecule has 0 aliphatic carbocycles. The van der Waals surface area contributed by atoms with E-state index in [4.69, 9.17) is 5.14 Å². The fourth-order valence-electron chi connectivity index (χ4n) is 3.18. The number of pyridine rings is 1. The molecule has 1 aliphatic heterocycles. The fraction of sp³-hybridized carbons (Fsp3) is 0.263. The minimum Gasteiger partial charge on any atom is -0.354 e. The third-order valence-corrected chi connectivity index (χ3v) is 5.20. The van der Waals surface area contributed by atoms with Crippen molar-refractivity contribution < 1.29 is 18.0 Å². The summed E-state index contributed by atoms with van der Waals surface area (Å²) in [5.41, 5.74) is 0.975. The number of halogens is 3. The van der Waals surface area contributed by atoms with E-state index in [9.17, 15) is 18.0 Å². The van der Waals surface area contributed by atoms with Crippen molar-refractivity contribution in [2.75, 3.05) is 23.3 Å². The van der Waals surface area contributed by atoms with Crippen LogP contribution in [0.5, 0.6) is 0 Å². The van der Waals surface area contributed by atoms with Gasteiger partial charge in [0.1, 0.15) is 10.8 Å². The summed E-state index contributed by atoms with van der Waals surface area (Å²) in [5, 5.41) is 8.71. The number of nitrogens with two attached hydrogens (primary N) is 1. The molecule has 2 aromatic heterocycles. The van der Waals surface area contributed by atoms with Crippen molar-refractivity contribution in [1.82, 2.24) is 15.0 Å². The first-order valence-corrected chi connectivity index (χ1v) is 9.97. The lowest BCUT2D eigenvalue weighted by Crippen LogP contribution is -2.40. The van der Waals surface area contributed by atoms with E-state index in [1.165, 1.54) is 24.4 Å². The topological polar surface area (TPSA) is 97.0 Å². The number of alkyl halides is 2. The Kier molecular flexibility index (Phi) is 5.48. The quantitative estimate of drug-likeness (QED) is 0.606. The molecule has 3 aromatic rings. The van der Waals surface area contributed by atoms with Gasteiger partial charge in [-0.25, -0.2) is 28.1 Å². The molecule has 156 valence electrons. The van der Waals surface area contributed by atoms with Crippen LogP contribution in [0.3, 0.4) is 0 Å². The second-order valence-corrected chi connectivity index (χ2v) is 7.48. The minimum atomic E-state index is -2.76. The normalized spacial score (nSPS) is 15.9. The second kappa shape index (κ2) is 8.07. The van der Waals surface area contributed by atoms with Crippen LogP contribution in [-0.4, -0.2) is 39.9 Å². The molecule has 1 amide bonds. The van der Waals surface area contributed by atoms with Crippen LogP contribution >= 0.6 is 11.9 Å². The Morgan fingerprint density at radius 2 is 1.90 bits per heavy atom. The molecule has 3 heterocycles. The lowest BCUT2D eigenvalue weighted by Gasteiger charge is -2.33. The molecule has 0 atom stereocenters.